The molecule has 2 nitrogen and oxygen atoms in total. The van der Waals surface area contributed by atoms with E-state index in [1.165, 1.54) is 47.3 Å². The van der Waals surface area contributed by atoms with Crippen LogP contribution in [-0.4, -0.2) is 5.78 Å². The summed E-state index contributed by atoms with van der Waals surface area (Å²) in [5, 5.41) is 0.717. The van der Waals surface area contributed by atoms with Gasteiger partial charge in [0.1, 0.15) is 0 Å². The number of carbonyl (C=O) groups excluding carboxylic acids is 1. The first-order chi connectivity index (χ1) is 10.7. The van der Waals surface area contributed by atoms with E-state index in [2.05, 4.69) is 12.1 Å². The average molecular weight is 311 g/mol. The Balaban J connectivity index is 1.74. The number of benzene rings is 1. The van der Waals surface area contributed by atoms with Crippen LogP contribution in [0.15, 0.2) is 18.2 Å². The Morgan fingerprint density at radius 1 is 0.955 bits per heavy atom. The molecule has 0 spiro atoms. The molecule has 2 aliphatic rings. The van der Waals surface area contributed by atoms with Gasteiger partial charge in [0.15, 0.2) is 5.78 Å². The molecule has 1 aromatic heterocycles. The summed E-state index contributed by atoms with van der Waals surface area (Å²) in [7, 11) is 0. The maximum absolute atomic E-state index is 13.0. The Bertz CT molecular complexity index is 744. The van der Waals surface area contributed by atoms with Crippen LogP contribution in [0.3, 0.4) is 0 Å². The Labute approximate surface area is 135 Å². The average Bonchev–Trinajstić information content (AvgIpc) is 2.89. The van der Waals surface area contributed by atoms with Gasteiger partial charge in [-0.2, -0.15) is 0 Å². The minimum atomic E-state index is 0.130. The Kier molecular flexibility index (Phi) is 3.53. The molecule has 2 N–H and O–H groups in total. The van der Waals surface area contributed by atoms with Gasteiger partial charge in [0.2, 0.25) is 0 Å². The first kappa shape index (κ1) is 14.0. The molecule has 22 heavy (non-hydrogen) atoms. The lowest BCUT2D eigenvalue weighted by atomic mass is 9.87. The molecule has 0 radical (unpaired) electrons. The molecule has 0 fully saturated rings. The molecule has 0 atom stereocenters. The Morgan fingerprint density at radius 2 is 1.68 bits per heavy atom. The standard InChI is InChI=1S/C19H21NOS/c20-19-17(15-7-3-4-8-16(15)22-19)18(21)14-10-9-12-5-1-2-6-13(12)11-14/h9-11H,1-8,20H2. The molecule has 0 saturated heterocycles. The van der Waals surface area contributed by atoms with Gasteiger partial charge in [-0.15, -0.1) is 11.3 Å². The summed E-state index contributed by atoms with van der Waals surface area (Å²) in [5.74, 6) is 0.130. The molecule has 3 heteroatoms. The smallest absolute Gasteiger partial charge is 0.196 e. The zero-order valence-corrected chi connectivity index (χ0v) is 13.6. The minimum absolute atomic E-state index is 0.130. The van der Waals surface area contributed by atoms with Gasteiger partial charge in [0.25, 0.3) is 0 Å². The van der Waals surface area contributed by atoms with Crippen molar-refractivity contribution in [1.29, 1.82) is 0 Å². The van der Waals surface area contributed by atoms with Crippen LogP contribution in [0.4, 0.5) is 5.00 Å². The van der Waals surface area contributed by atoms with Crippen LogP contribution in [0.1, 0.15) is 63.2 Å². The number of nitrogen functional groups attached to an aromatic ring is 1. The van der Waals surface area contributed by atoms with Gasteiger partial charge in [-0.3, -0.25) is 4.79 Å². The molecule has 0 bridgehead atoms. The van der Waals surface area contributed by atoms with Crippen molar-refractivity contribution >= 4 is 22.1 Å². The second-order valence-electron chi connectivity index (χ2n) is 6.47. The molecule has 0 unspecified atom stereocenters. The van der Waals surface area contributed by atoms with Crippen molar-refractivity contribution in [3.8, 4) is 0 Å². The maximum atomic E-state index is 13.0. The van der Waals surface area contributed by atoms with Gasteiger partial charge in [-0.05, 0) is 74.1 Å². The number of hydrogen-bond acceptors (Lipinski definition) is 3. The van der Waals surface area contributed by atoms with Crippen molar-refractivity contribution in [2.24, 2.45) is 0 Å². The predicted octanol–water partition coefficient (Wildman–Crippen LogP) is 4.32. The summed E-state index contributed by atoms with van der Waals surface area (Å²) in [6.07, 6.45) is 9.25. The van der Waals surface area contributed by atoms with Crippen LogP contribution in [-0.2, 0) is 25.7 Å². The van der Waals surface area contributed by atoms with Gasteiger partial charge in [-0.25, -0.2) is 0 Å². The highest BCUT2D eigenvalue weighted by atomic mass is 32.1. The van der Waals surface area contributed by atoms with E-state index in [0.717, 1.165) is 41.8 Å². The van der Waals surface area contributed by atoms with E-state index in [9.17, 15) is 4.79 Å². The molecule has 0 amide bonds. The predicted molar refractivity (Wildman–Crippen MR) is 91.9 cm³/mol. The van der Waals surface area contributed by atoms with Crippen LogP contribution in [0.25, 0.3) is 0 Å². The summed E-state index contributed by atoms with van der Waals surface area (Å²) >= 11 is 1.63. The summed E-state index contributed by atoms with van der Waals surface area (Å²) in [5.41, 5.74) is 11.8. The summed E-state index contributed by atoms with van der Waals surface area (Å²) < 4.78 is 0. The number of carbonyl (C=O) groups is 1. The SMILES string of the molecule is Nc1sc2c(c1C(=O)c1ccc3c(c1)CCCC3)CCCC2. The van der Waals surface area contributed by atoms with Crippen molar-refractivity contribution < 1.29 is 4.79 Å². The fraction of sp³-hybridized carbons (Fsp3) is 0.421. The molecule has 2 aromatic rings. The highest BCUT2D eigenvalue weighted by Gasteiger charge is 2.25. The first-order valence-electron chi connectivity index (χ1n) is 8.30. The van der Waals surface area contributed by atoms with Crippen LogP contribution in [0, 0.1) is 0 Å². The fourth-order valence-corrected chi connectivity index (χ4v) is 5.01. The van der Waals surface area contributed by atoms with Gasteiger partial charge < -0.3 is 5.73 Å². The van der Waals surface area contributed by atoms with E-state index in [1.54, 1.807) is 11.3 Å². The molecule has 2 aliphatic carbocycles. The number of nitrogens with two attached hydrogens (primary N) is 1. The van der Waals surface area contributed by atoms with Crippen LogP contribution in [0.5, 0.6) is 0 Å². The molecule has 1 heterocycles. The summed E-state index contributed by atoms with van der Waals surface area (Å²) in [4.78, 5) is 14.4. The number of rotatable bonds is 2. The zero-order valence-electron chi connectivity index (χ0n) is 12.8. The quantitative estimate of drug-likeness (QED) is 0.839. The molecular formula is C19H21NOS. The minimum Gasteiger partial charge on any atom is -0.390 e. The van der Waals surface area contributed by atoms with Crippen LogP contribution < -0.4 is 5.73 Å². The number of anilines is 1. The molecule has 0 saturated carbocycles. The van der Waals surface area contributed by atoms with E-state index in [4.69, 9.17) is 5.73 Å². The first-order valence-corrected chi connectivity index (χ1v) is 9.12. The summed E-state index contributed by atoms with van der Waals surface area (Å²) in [6, 6.07) is 6.26. The van der Waals surface area contributed by atoms with E-state index >= 15 is 0 Å². The highest BCUT2D eigenvalue weighted by Crippen LogP contribution is 2.37. The molecule has 4 rings (SSSR count). The Morgan fingerprint density at radius 3 is 2.55 bits per heavy atom. The molecule has 1 aromatic carbocycles. The van der Waals surface area contributed by atoms with Crippen molar-refractivity contribution in [2.45, 2.75) is 51.4 Å². The third-order valence-corrected chi connectivity index (χ3v) is 6.16. The van der Waals surface area contributed by atoms with Gasteiger partial charge in [0, 0.05) is 10.4 Å². The lowest BCUT2D eigenvalue weighted by molar-refractivity contribution is 0.103. The normalized spacial score (nSPS) is 16.9. The largest absolute Gasteiger partial charge is 0.390 e. The second kappa shape index (κ2) is 5.54. The zero-order chi connectivity index (χ0) is 15.1. The number of hydrogen-bond donors (Lipinski definition) is 1. The summed E-state index contributed by atoms with van der Waals surface area (Å²) in [6.45, 7) is 0. The third-order valence-electron chi connectivity index (χ3n) is 5.04. The van der Waals surface area contributed by atoms with Crippen molar-refractivity contribution in [3.63, 3.8) is 0 Å². The number of fused-ring (bicyclic) bond motifs is 2. The third kappa shape index (κ3) is 2.28. The van der Waals surface area contributed by atoms with Crippen LogP contribution in [0.2, 0.25) is 0 Å². The molecule has 0 aliphatic heterocycles. The number of ketones is 1. The number of aryl methyl sites for hydroxylation is 3. The highest BCUT2D eigenvalue weighted by molar-refractivity contribution is 7.16. The monoisotopic (exact) mass is 311 g/mol. The van der Waals surface area contributed by atoms with E-state index in [1.807, 2.05) is 6.07 Å². The maximum Gasteiger partial charge on any atom is 0.196 e. The van der Waals surface area contributed by atoms with E-state index in [0.29, 0.717) is 0 Å². The second-order valence-corrected chi connectivity index (χ2v) is 7.61. The fourth-order valence-electron chi connectivity index (χ4n) is 3.86. The van der Waals surface area contributed by atoms with Gasteiger partial charge in [-0.1, -0.05) is 12.1 Å². The van der Waals surface area contributed by atoms with Crippen molar-refractivity contribution in [2.75, 3.05) is 5.73 Å². The van der Waals surface area contributed by atoms with Gasteiger partial charge >= 0.3 is 0 Å². The van der Waals surface area contributed by atoms with Crippen LogP contribution >= 0.6 is 11.3 Å². The van der Waals surface area contributed by atoms with Gasteiger partial charge in [0.05, 0.1) is 10.6 Å². The van der Waals surface area contributed by atoms with Crippen molar-refractivity contribution in [3.05, 3.63) is 50.9 Å². The molecular weight excluding hydrogens is 290 g/mol. The topological polar surface area (TPSA) is 43.1 Å². The van der Waals surface area contributed by atoms with Crippen molar-refractivity contribution in [1.82, 2.24) is 0 Å². The lowest BCUT2D eigenvalue weighted by Crippen LogP contribution is -2.11. The molecule has 114 valence electrons. The lowest BCUT2D eigenvalue weighted by Gasteiger charge is -2.17. The van der Waals surface area contributed by atoms with E-state index in [-0.39, 0.29) is 5.78 Å². The number of thiophene rings is 1. The van der Waals surface area contributed by atoms with E-state index < -0.39 is 0 Å². The Hall–Kier alpha value is -1.61.